The smallest absolute Gasteiger partial charge is 0.317 e. The van der Waals surface area contributed by atoms with Gasteiger partial charge in [0, 0.05) is 29.8 Å². The highest BCUT2D eigenvalue weighted by Gasteiger charge is 2.21. The molecule has 3 rings (SSSR count). The number of hydrogen-bond donors (Lipinski definition) is 2. The summed E-state index contributed by atoms with van der Waals surface area (Å²) >= 11 is 3.39. The summed E-state index contributed by atoms with van der Waals surface area (Å²) in [5.41, 5.74) is 3.65. The molecule has 26 heavy (non-hydrogen) atoms. The molecule has 0 aliphatic carbocycles. The first-order chi connectivity index (χ1) is 12.3. The summed E-state index contributed by atoms with van der Waals surface area (Å²) in [6, 6.07) is 13.1. The first-order valence-corrected chi connectivity index (χ1v) is 10.9. The third kappa shape index (κ3) is 4.98. The van der Waals surface area contributed by atoms with Gasteiger partial charge in [0.25, 0.3) is 0 Å². The van der Waals surface area contributed by atoms with Crippen LogP contribution in [0.1, 0.15) is 16.7 Å². The van der Waals surface area contributed by atoms with Crippen LogP contribution in [0.15, 0.2) is 46.9 Å². The molecule has 0 saturated carbocycles. The van der Waals surface area contributed by atoms with Gasteiger partial charge in [-0.2, -0.15) is 0 Å². The van der Waals surface area contributed by atoms with Crippen molar-refractivity contribution < 1.29 is 13.2 Å². The van der Waals surface area contributed by atoms with E-state index in [9.17, 15) is 13.2 Å². The molecule has 138 valence electrons. The van der Waals surface area contributed by atoms with E-state index in [0.717, 1.165) is 33.8 Å². The molecule has 0 aromatic heterocycles. The molecule has 2 N–H and O–H groups in total. The average Bonchev–Trinajstić information content (AvgIpc) is 2.59. The van der Waals surface area contributed by atoms with Crippen LogP contribution in [-0.4, -0.2) is 32.1 Å². The third-order valence-corrected chi connectivity index (χ3v) is 5.30. The number of amides is 2. The lowest BCUT2D eigenvalue weighted by atomic mass is 9.99. The predicted molar refractivity (Wildman–Crippen MR) is 105 cm³/mol. The van der Waals surface area contributed by atoms with E-state index in [1.54, 1.807) is 17.0 Å². The van der Waals surface area contributed by atoms with Gasteiger partial charge in [-0.3, -0.25) is 4.72 Å². The minimum atomic E-state index is -3.32. The van der Waals surface area contributed by atoms with Gasteiger partial charge in [0.15, 0.2) is 0 Å². The highest BCUT2D eigenvalue weighted by molar-refractivity contribution is 9.10. The molecular formula is C18H20BrN3O3S. The molecule has 0 saturated heterocycles. The van der Waals surface area contributed by atoms with Gasteiger partial charge in [-0.25, -0.2) is 13.2 Å². The maximum Gasteiger partial charge on any atom is 0.317 e. The van der Waals surface area contributed by atoms with Gasteiger partial charge < -0.3 is 10.2 Å². The normalized spacial score (nSPS) is 13.8. The molecular weight excluding hydrogens is 418 g/mol. The topological polar surface area (TPSA) is 78.5 Å². The fourth-order valence-corrected chi connectivity index (χ4v) is 3.72. The van der Waals surface area contributed by atoms with Gasteiger partial charge in [0.1, 0.15) is 0 Å². The zero-order valence-corrected chi connectivity index (χ0v) is 16.7. The van der Waals surface area contributed by atoms with Crippen LogP contribution in [0.2, 0.25) is 0 Å². The van der Waals surface area contributed by atoms with Crippen molar-refractivity contribution in [2.45, 2.75) is 19.5 Å². The zero-order valence-electron chi connectivity index (χ0n) is 14.3. The van der Waals surface area contributed by atoms with Crippen LogP contribution in [0.3, 0.4) is 0 Å². The Morgan fingerprint density at radius 2 is 1.88 bits per heavy atom. The van der Waals surface area contributed by atoms with Gasteiger partial charge in [0.05, 0.1) is 6.26 Å². The molecule has 8 heteroatoms. The maximum absolute atomic E-state index is 12.5. The number of benzene rings is 2. The number of nitrogens with zero attached hydrogens (tertiary/aromatic N) is 1. The summed E-state index contributed by atoms with van der Waals surface area (Å²) in [5, 5.41) is 2.93. The van der Waals surface area contributed by atoms with Gasteiger partial charge >= 0.3 is 6.03 Å². The zero-order chi connectivity index (χ0) is 18.7. The number of anilines is 1. The summed E-state index contributed by atoms with van der Waals surface area (Å²) in [4.78, 5) is 14.2. The number of rotatable bonds is 4. The van der Waals surface area contributed by atoms with Crippen molar-refractivity contribution >= 4 is 37.7 Å². The Balaban J connectivity index is 1.63. The second-order valence-electron chi connectivity index (χ2n) is 6.31. The van der Waals surface area contributed by atoms with Crippen LogP contribution in [0.5, 0.6) is 0 Å². The van der Waals surface area contributed by atoms with E-state index in [1.165, 1.54) is 0 Å². The van der Waals surface area contributed by atoms with Crippen molar-refractivity contribution in [1.29, 1.82) is 0 Å². The minimum absolute atomic E-state index is 0.125. The van der Waals surface area contributed by atoms with Crippen LogP contribution >= 0.6 is 15.9 Å². The lowest BCUT2D eigenvalue weighted by Crippen LogP contribution is -2.42. The fourth-order valence-electron chi connectivity index (χ4n) is 2.90. The van der Waals surface area contributed by atoms with Crippen molar-refractivity contribution in [3.05, 3.63) is 63.6 Å². The van der Waals surface area contributed by atoms with Crippen molar-refractivity contribution in [2.75, 3.05) is 17.5 Å². The van der Waals surface area contributed by atoms with E-state index >= 15 is 0 Å². The number of fused-ring (bicyclic) bond motifs is 1. The van der Waals surface area contributed by atoms with Crippen LogP contribution in [0.4, 0.5) is 10.5 Å². The number of sulfonamides is 1. The monoisotopic (exact) mass is 437 g/mol. The first kappa shape index (κ1) is 18.7. The van der Waals surface area contributed by atoms with E-state index in [2.05, 4.69) is 26.0 Å². The Bertz CT molecular complexity index is 914. The lowest BCUT2D eigenvalue weighted by Gasteiger charge is -2.29. The molecule has 0 radical (unpaired) electrons. The molecule has 2 amide bonds. The number of carbonyl (C=O) groups excluding carboxylic acids is 1. The quantitative estimate of drug-likeness (QED) is 0.770. The van der Waals surface area contributed by atoms with Gasteiger partial charge in [-0.1, -0.05) is 34.1 Å². The first-order valence-electron chi connectivity index (χ1n) is 8.17. The second kappa shape index (κ2) is 7.67. The Morgan fingerprint density at radius 1 is 1.15 bits per heavy atom. The van der Waals surface area contributed by atoms with Crippen molar-refractivity contribution in [3.63, 3.8) is 0 Å². The summed E-state index contributed by atoms with van der Waals surface area (Å²) in [7, 11) is -3.32. The molecule has 0 atom stereocenters. The van der Waals surface area contributed by atoms with E-state index in [1.807, 2.05) is 30.3 Å². The average molecular weight is 438 g/mol. The summed E-state index contributed by atoms with van der Waals surface area (Å²) in [6.45, 7) is 1.56. The van der Waals surface area contributed by atoms with E-state index in [4.69, 9.17) is 0 Å². The maximum atomic E-state index is 12.5. The Morgan fingerprint density at radius 3 is 2.58 bits per heavy atom. The number of carbonyl (C=O) groups is 1. The summed E-state index contributed by atoms with van der Waals surface area (Å²) < 4.78 is 26.3. The number of nitrogens with one attached hydrogen (secondary N) is 2. The van der Waals surface area contributed by atoms with E-state index in [-0.39, 0.29) is 6.03 Å². The van der Waals surface area contributed by atoms with Crippen molar-refractivity contribution in [1.82, 2.24) is 10.2 Å². The highest BCUT2D eigenvalue weighted by Crippen LogP contribution is 2.23. The largest absolute Gasteiger partial charge is 0.334 e. The van der Waals surface area contributed by atoms with Gasteiger partial charge in [0.2, 0.25) is 10.0 Å². The number of hydrogen-bond acceptors (Lipinski definition) is 3. The molecule has 6 nitrogen and oxygen atoms in total. The molecule has 1 heterocycles. The van der Waals surface area contributed by atoms with Crippen LogP contribution < -0.4 is 10.0 Å². The summed E-state index contributed by atoms with van der Waals surface area (Å²) in [6.07, 6.45) is 1.87. The molecule has 0 unspecified atom stereocenters. The third-order valence-electron chi connectivity index (χ3n) is 4.17. The fraction of sp³-hybridized carbons (Fsp3) is 0.278. The van der Waals surface area contributed by atoms with Crippen LogP contribution in [-0.2, 0) is 29.5 Å². The van der Waals surface area contributed by atoms with Gasteiger partial charge in [-0.15, -0.1) is 0 Å². The predicted octanol–water partition coefficient (Wildman–Crippen LogP) is 3.09. The molecule has 2 aromatic carbocycles. The molecule has 1 aliphatic heterocycles. The molecule has 0 bridgehead atoms. The lowest BCUT2D eigenvalue weighted by molar-refractivity contribution is 0.192. The molecule has 2 aromatic rings. The Kier molecular flexibility index (Phi) is 5.52. The molecule has 0 fully saturated rings. The number of halogens is 1. The van der Waals surface area contributed by atoms with Crippen LogP contribution in [0.25, 0.3) is 0 Å². The molecule has 0 spiro atoms. The van der Waals surface area contributed by atoms with Crippen molar-refractivity contribution in [3.8, 4) is 0 Å². The van der Waals surface area contributed by atoms with Crippen molar-refractivity contribution in [2.24, 2.45) is 0 Å². The number of urea groups is 1. The standard InChI is InChI=1S/C18H20BrN3O3S/c1-26(24,25)21-17-7-4-14-8-9-22(12-15(14)10-17)18(23)20-11-13-2-5-16(19)6-3-13/h2-7,10,21H,8-9,11-12H2,1H3,(H,20,23). The van der Waals surface area contributed by atoms with E-state index < -0.39 is 10.0 Å². The Labute approximate surface area is 161 Å². The second-order valence-corrected chi connectivity index (χ2v) is 8.98. The molecule has 1 aliphatic rings. The summed E-state index contributed by atoms with van der Waals surface area (Å²) in [5.74, 6) is 0. The highest BCUT2D eigenvalue weighted by atomic mass is 79.9. The minimum Gasteiger partial charge on any atom is -0.334 e. The SMILES string of the molecule is CS(=O)(=O)Nc1ccc2c(c1)CN(C(=O)NCc1ccc(Br)cc1)CC2. The van der Waals surface area contributed by atoms with Crippen LogP contribution in [0, 0.1) is 0 Å². The van der Waals surface area contributed by atoms with Gasteiger partial charge in [-0.05, 0) is 47.4 Å². The van der Waals surface area contributed by atoms with E-state index in [0.29, 0.717) is 25.3 Å². The Hall–Kier alpha value is -2.06.